The largest absolute Gasteiger partial charge is 0.492 e. The molecule has 0 aliphatic carbocycles. The van der Waals surface area contributed by atoms with Gasteiger partial charge in [-0.25, -0.2) is 4.79 Å². The number of hydrogen-bond acceptors (Lipinski definition) is 6. The van der Waals surface area contributed by atoms with E-state index >= 15 is 0 Å². The first-order chi connectivity index (χ1) is 11.3. The number of carbonyl (C=O) groups excluding carboxylic acids is 3. The fraction of sp³-hybridized carbons (Fsp3) is 0.400. The van der Waals surface area contributed by atoms with E-state index in [0.717, 1.165) is 7.11 Å². The number of ether oxygens (including phenoxy) is 3. The van der Waals surface area contributed by atoms with Crippen LogP contribution in [0.4, 0.5) is 4.79 Å². The number of rotatable bonds is 7. The number of carbonyl (C=O) groups is 3. The van der Waals surface area contributed by atoms with Crippen LogP contribution in [0, 0.1) is 0 Å². The summed E-state index contributed by atoms with van der Waals surface area (Å²) in [5, 5.41) is 2.78. The van der Waals surface area contributed by atoms with Crippen LogP contribution >= 0.6 is 23.2 Å². The summed E-state index contributed by atoms with van der Waals surface area (Å²) >= 11 is 11.7. The lowest BCUT2D eigenvalue weighted by Gasteiger charge is -2.12. The third-order valence-electron chi connectivity index (χ3n) is 2.76. The molecule has 1 aromatic rings. The van der Waals surface area contributed by atoms with Gasteiger partial charge in [-0.05, 0) is 31.5 Å². The van der Waals surface area contributed by atoms with Crippen LogP contribution in [0.1, 0.15) is 19.8 Å². The molecular formula is C15H17Cl2NO6. The lowest BCUT2D eigenvalue weighted by atomic mass is 10.3. The highest BCUT2D eigenvalue weighted by atomic mass is 35.5. The van der Waals surface area contributed by atoms with E-state index in [1.54, 1.807) is 18.2 Å². The first-order valence-corrected chi connectivity index (χ1v) is 7.75. The summed E-state index contributed by atoms with van der Waals surface area (Å²) in [4.78, 5) is 34.0. The summed E-state index contributed by atoms with van der Waals surface area (Å²) in [6, 6.07) is 4.81. The van der Waals surface area contributed by atoms with Crippen molar-refractivity contribution in [3.05, 3.63) is 28.2 Å². The fourth-order valence-electron chi connectivity index (χ4n) is 1.55. The average molecular weight is 378 g/mol. The molecule has 0 saturated heterocycles. The molecule has 0 heterocycles. The van der Waals surface area contributed by atoms with Gasteiger partial charge in [0.1, 0.15) is 5.75 Å². The SMILES string of the molecule is COC(=O)NC(=O)[C@H](C)OC(=O)CCCOc1ccc(Cl)cc1Cl. The highest BCUT2D eigenvalue weighted by molar-refractivity contribution is 6.35. The molecule has 1 N–H and O–H groups in total. The van der Waals surface area contributed by atoms with Crippen LogP contribution in [-0.4, -0.2) is 37.8 Å². The number of methoxy groups -OCH3 is 1. The monoisotopic (exact) mass is 377 g/mol. The van der Waals surface area contributed by atoms with E-state index in [-0.39, 0.29) is 13.0 Å². The minimum Gasteiger partial charge on any atom is -0.492 e. The Morgan fingerprint density at radius 3 is 2.58 bits per heavy atom. The zero-order valence-electron chi connectivity index (χ0n) is 13.1. The fourth-order valence-corrected chi connectivity index (χ4v) is 2.02. The summed E-state index contributed by atoms with van der Waals surface area (Å²) in [7, 11) is 1.12. The minimum absolute atomic E-state index is 0.0427. The zero-order valence-corrected chi connectivity index (χ0v) is 14.6. The third kappa shape index (κ3) is 7.06. The van der Waals surface area contributed by atoms with Gasteiger partial charge in [0.2, 0.25) is 0 Å². The Labute approximate surface area is 149 Å². The van der Waals surface area contributed by atoms with Crippen LogP contribution in [0.15, 0.2) is 18.2 Å². The predicted octanol–water partition coefficient (Wildman–Crippen LogP) is 2.97. The Hall–Kier alpha value is -1.99. The van der Waals surface area contributed by atoms with Gasteiger partial charge >= 0.3 is 12.1 Å². The average Bonchev–Trinajstić information content (AvgIpc) is 2.52. The molecule has 0 radical (unpaired) electrons. The first kappa shape index (κ1) is 20.1. The summed E-state index contributed by atoms with van der Waals surface area (Å²) in [6.45, 7) is 1.58. The van der Waals surface area contributed by atoms with E-state index in [1.807, 2.05) is 5.32 Å². The quantitative estimate of drug-likeness (QED) is 0.580. The van der Waals surface area contributed by atoms with Gasteiger partial charge in [0, 0.05) is 11.4 Å². The van der Waals surface area contributed by atoms with Gasteiger partial charge in [0.15, 0.2) is 6.10 Å². The Morgan fingerprint density at radius 1 is 1.25 bits per heavy atom. The van der Waals surface area contributed by atoms with Gasteiger partial charge in [-0.1, -0.05) is 23.2 Å². The number of benzene rings is 1. The van der Waals surface area contributed by atoms with Crippen molar-refractivity contribution < 1.29 is 28.6 Å². The predicted molar refractivity (Wildman–Crippen MR) is 87.3 cm³/mol. The molecule has 0 aliphatic heterocycles. The second kappa shape index (κ2) is 10.00. The molecule has 9 heteroatoms. The van der Waals surface area contributed by atoms with Crippen molar-refractivity contribution in [3.8, 4) is 5.75 Å². The normalized spacial score (nSPS) is 11.3. The summed E-state index contributed by atoms with van der Waals surface area (Å²) in [6.07, 6.45) is -1.62. The van der Waals surface area contributed by atoms with Gasteiger partial charge < -0.3 is 14.2 Å². The zero-order chi connectivity index (χ0) is 18.1. The van der Waals surface area contributed by atoms with Gasteiger partial charge in [0.05, 0.1) is 18.7 Å². The van der Waals surface area contributed by atoms with Crippen molar-refractivity contribution in [3.63, 3.8) is 0 Å². The molecule has 0 saturated carbocycles. The third-order valence-corrected chi connectivity index (χ3v) is 3.30. The number of esters is 1. The van der Waals surface area contributed by atoms with Crippen LogP contribution in [-0.2, 0) is 19.1 Å². The number of imide groups is 1. The van der Waals surface area contributed by atoms with E-state index in [4.69, 9.17) is 32.7 Å². The molecule has 0 fully saturated rings. The number of hydrogen-bond donors (Lipinski definition) is 1. The second-order valence-corrected chi connectivity index (χ2v) is 5.48. The Bertz CT molecular complexity index is 608. The summed E-state index contributed by atoms with van der Waals surface area (Å²) < 4.78 is 14.6. The molecule has 1 atom stereocenters. The van der Waals surface area contributed by atoms with Crippen LogP contribution in [0.2, 0.25) is 10.0 Å². The molecule has 1 rings (SSSR count). The van der Waals surface area contributed by atoms with Gasteiger partial charge in [-0.15, -0.1) is 0 Å². The molecule has 7 nitrogen and oxygen atoms in total. The number of amides is 2. The van der Waals surface area contributed by atoms with Gasteiger partial charge in [-0.2, -0.15) is 0 Å². The van der Waals surface area contributed by atoms with E-state index in [0.29, 0.717) is 22.2 Å². The van der Waals surface area contributed by atoms with Gasteiger partial charge in [0.25, 0.3) is 5.91 Å². The lowest BCUT2D eigenvalue weighted by Crippen LogP contribution is -2.39. The minimum atomic E-state index is -1.11. The Morgan fingerprint density at radius 2 is 1.96 bits per heavy atom. The number of halogens is 2. The van der Waals surface area contributed by atoms with E-state index in [2.05, 4.69) is 4.74 Å². The van der Waals surface area contributed by atoms with Crippen molar-refractivity contribution in [2.45, 2.75) is 25.9 Å². The van der Waals surface area contributed by atoms with Crippen LogP contribution in [0.5, 0.6) is 5.75 Å². The smallest absolute Gasteiger partial charge is 0.413 e. The van der Waals surface area contributed by atoms with E-state index in [9.17, 15) is 14.4 Å². The summed E-state index contributed by atoms with van der Waals surface area (Å²) in [5.74, 6) is -0.895. The van der Waals surface area contributed by atoms with Crippen molar-refractivity contribution in [1.82, 2.24) is 5.32 Å². The lowest BCUT2D eigenvalue weighted by molar-refractivity contribution is -0.154. The maximum atomic E-state index is 11.6. The highest BCUT2D eigenvalue weighted by Gasteiger charge is 2.19. The van der Waals surface area contributed by atoms with Crippen molar-refractivity contribution >= 4 is 41.2 Å². The maximum Gasteiger partial charge on any atom is 0.413 e. The highest BCUT2D eigenvalue weighted by Crippen LogP contribution is 2.27. The van der Waals surface area contributed by atoms with Crippen LogP contribution in [0.25, 0.3) is 0 Å². The Kier molecular flexibility index (Phi) is 8.35. The van der Waals surface area contributed by atoms with Gasteiger partial charge in [-0.3, -0.25) is 14.9 Å². The maximum absolute atomic E-state index is 11.6. The molecule has 0 aromatic heterocycles. The van der Waals surface area contributed by atoms with E-state index < -0.39 is 24.1 Å². The molecule has 0 aliphatic rings. The number of alkyl carbamates (subject to hydrolysis) is 1. The Balaban J connectivity index is 2.28. The topological polar surface area (TPSA) is 90.9 Å². The van der Waals surface area contributed by atoms with Crippen LogP contribution < -0.4 is 10.1 Å². The van der Waals surface area contributed by atoms with Crippen LogP contribution in [0.3, 0.4) is 0 Å². The van der Waals surface area contributed by atoms with E-state index in [1.165, 1.54) is 6.92 Å². The summed E-state index contributed by atoms with van der Waals surface area (Å²) in [5.41, 5.74) is 0. The molecular weight excluding hydrogens is 361 g/mol. The molecule has 0 spiro atoms. The van der Waals surface area contributed by atoms with Crippen molar-refractivity contribution in [2.75, 3.05) is 13.7 Å². The number of nitrogens with one attached hydrogen (secondary N) is 1. The molecule has 132 valence electrons. The molecule has 0 bridgehead atoms. The van der Waals surface area contributed by atoms with Crippen molar-refractivity contribution in [1.29, 1.82) is 0 Å². The second-order valence-electron chi connectivity index (χ2n) is 4.64. The standard InChI is InChI=1S/C15H17Cl2NO6/c1-9(14(20)18-15(21)22-2)24-13(19)4-3-7-23-12-6-5-10(16)8-11(12)17/h5-6,8-9H,3-4,7H2,1-2H3,(H,18,20,21)/t9-/m0/s1. The molecule has 1 aromatic carbocycles. The van der Waals surface area contributed by atoms with Crippen molar-refractivity contribution in [2.24, 2.45) is 0 Å². The molecule has 24 heavy (non-hydrogen) atoms. The molecule has 2 amide bonds. The first-order valence-electron chi connectivity index (χ1n) is 6.99. The molecule has 0 unspecified atom stereocenters.